The van der Waals surface area contributed by atoms with Gasteiger partial charge in [-0.1, -0.05) is 29.3 Å². The number of carbonyl (C=O) groups excluding carboxylic acids is 1. The number of sulfonamides is 1. The molecule has 27 heavy (non-hydrogen) atoms. The second-order valence-corrected chi connectivity index (χ2v) is 10.3. The molecule has 2 rings (SSSR count). The highest BCUT2D eigenvalue weighted by molar-refractivity contribution is 7.88. The van der Waals surface area contributed by atoms with Gasteiger partial charge in [0.25, 0.3) is 0 Å². The largest absolute Gasteiger partial charge is 0.444 e. The average molecular weight is 437 g/mol. The summed E-state index contributed by atoms with van der Waals surface area (Å²) in [5.41, 5.74) is -0.0450. The fourth-order valence-electron chi connectivity index (χ4n) is 2.90. The normalized spacial score (nSPS) is 18.4. The van der Waals surface area contributed by atoms with E-state index < -0.39 is 21.7 Å². The molecule has 0 radical (unpaired) electrons. The molecular weight excluding hydrogens is 411 g/mol. The first-order chi connectivity index (χ1) is 12.5. The van der Waals surface area contributed by atoms with Crippen LogP contribution in [0.4, 0.5) is 4.79 Å². The highest BCUT2D eigenvalue weighted by Gasteiger charge is 2.31. The van der Waals surface area contributed by atoms with Gasteiger partial charge >= 0.3 is 6.09 Å². The van der Waals surface area contributed by atoms with E-state index in [2.05, 4.69) is 4.72 Å². The molecule has 1 saturated heterocycles. The number of hydrogen-bond donors (Lipinski definition) is 1. The van der Waals surface area contributed by atoms with Gasteiger partial charge in [0.1, 0.15) is 5.60 Å². The first kappa shape index (κ1) is 22.3. The smallest absolute Gasteiger partial charge is 0.410 e. The minimum atomic E-state index is -3.58. The Kier molecular flexibility index (Phi) is 7.41. The fourth-order valence-corrected chi connectivity index (χ4v) is 4.38. The second-order valence-electron chi connectivity index (χ2n) is 7.68. The summed E-state index contributed by atoms with van der Waals surface area (Å²) in [6.45, 7) is 6.15. The van der Waals surface area contributed by atoms with Crippen LogP contribution in [0.2, 0.25) is 10.0 Å². The predicted octanol–water partition coefficient (Wildman–Crippen LogP) is 4.20. The lowest BCUT2D eigenvalue weighted by Crippen LogP contribution is -2.50. The van der Waals surface area contributed by atoms with Crippen molar-refractivity contribution in [2.45, 2.75) is 57.4 Å². The minimum Gasteiger partial charge on any atom is -0.444 e. The number of ether oxygens (including phenoxy) is 1. The molecule has 0 spiro atoms. The van der Waals surface area contributed by atoms with E-state index in [0.717, 1.165) is 19.3 Å². The molecule has 1 fully saturated rings. The second kappa shape index (κ2) is 8.99. The lowest BCUT2D eigenvalue weighted by atomic mass is 10.0. The van der Waals surface area contributed by atoms with Gasteiger partial charge in [-0.2, -0.15) is 0 Å². The molecule has 152 valence electrons. The predicted molar refractivity (Wildman–Crippen MR) is 108 cm³/mol. The van der Waals surface area contributed by atoms with Crippen LogP contribution in [0, 0.1) is 0 Å². The zero-order chi connectivity index (χ0) is 20.2. The van der Waals surface area contributed by atoms with Gasteiger partial charge in [0.05, 0.1) is 15.8 Å². The molecule has 1 N–H and O–H groups in total. The van der Waals surface area contributed by atoms with Crippen LogP contribution in [0.15, 0.2) is 18.2 Å². The Labute approximate surface area is 171 Å². The van der Waals surface area contributed by atoms with E-state index in [9.17, 15) is 13.2 Å². The summed E-state index contributed by atoms with van der Waals surface area (Å²) in [6, 6.07) is 4.51. The van der Waals surface area contributed by atoms with Crippen LogP contribution < -0.4 is 4.72 Å². The van der Waals surface area contributed by atoms with E-state index >= 15 is 0 Å². The molecule has 9 heteroatoms. The Morgan fingerprint density at radius 3 is 2.59 bits per heavy atom. The lowest BCUT2D eigenvalue weighted by Gasteiger charge is -2.36. The number of benzene rings is 1. The summed E-state index contributed by atoms with van der Waals surface area (Å²) in [5, 5.41) is 0.689. The zero-order valence-corrected chi connectivity index (χ0v) is 18.1. The highest BCUT2D eigenvalue weighted by Crippen LogP contribution is 2.24. The van der Waals surface area contributed by atoms with Crippen molar-refractivity contribution >= 4 is 39.3 Å². The van der Waals surface area contributed by atoms with Crippen molar-refractivity contribution < 1.29 is 17.9 Å². The van der Waals surface area contributed by atoms with Gasteiger partial charge in [0.2, 0.25) is 10.0 Å². The average Bonchev–Trinajstić information content (AvgIpc) is 2.55. The van der Waals surface area contributed by atoms with E-state index in [1.165, 1.54) is 6.07 Å². The topological polar surface area (TPSA) is 75.7 Å². The van der Waals surface area contributed by atoms with Gasteiger partial charge in [0, 0.05) is 19.1 Å². The van der Waals surface area contributed by atoms with Crippen molar-refractivity contribution in [3.05, 3.63) is 33.8 Å². The third-order valence-corrected chi connectivity index (χ3v) is 6.19. The maximum absolute atomic E-state index is 12.4. The van der Waals surface area contributed by atoms with E-state index in [-0.39, 0.29) is 18.3 Å². The van der Waals surface area contributed by atoms with E-state index in [1.54, 1.807) is 17.0 Å². The molecule has 0 aliphatic carbocycles. The van der Waals surface area contributed by atoms with Crippen LogP contribution in [0.1, 0.15) is 45.6 Å². The molecule has 0 saturated carbocycles. The van der Waals surface area contributed by atoms with Crippen LogP contribution in [-0.4, -0.2) is 44.1 Å². The Hall–Kier alpha value is -1.02. The molecule has 1 amide bonds. The monoisotopic (exact) mass is 436 g/mol. The van der Waals surface area contributed by atoms with Gasteiger partial charge in [-0.05, 0) is 57.7 Å². The third-order valence-electron chi connectivity index (χ3n) is 4.13. The molecule has 1 atom stereocenters. The number of carbonyl (C=O) groups is 1. The number of likely N-dealkylation sites (tertiary alicyclic amines) is 1. The van der Waals surface area contributed by atoms with Gasteiger partial charge in [-0.3, -0.25) is 0 Å². The summed E-state index contributed by atoms with van der Waals surface area (Å²) in [6.07, 6.45) is 2.15. The van der Waals surface area contributed by atoms with E-state index in [1.807, 2.05) is 20.8 Å². The Morgan fingerprint density at radius 2 is 1.96 bits per heavy atom. The summed E-state index contributed by atoms with van der Waals surface area (Å²) >= 11 is 11.8. The SMILES string of the molecule is CC(C)(C)OC(=O)N1CCCC[C@@H]1CNS(=O)(=O)Cc1ccc(Cl)c(Cl)c1. The van der Waals surface area contributed by atoms with Crippen molar-refractivity contribution in [1.82, 2.24) is 9.62 Å². The fraction of sp³-hybridized carbons (Fsp3) is 0.611. The molecule has 1 aliphatic rings. The number of nitrogens with one attached hydrogen (secondary N) is 1. The van der Waals surface area contributed by atoms with Gasteiger partial charge in [0.15, 0.2) is 0 Å². The Bertz CT molecular complexity index is 778. The van der Waals surface area contributed by atoms with Crippen molar-refractivity contribution in [3.8, 4) is 0 Å². The molecular formula is C18H26Cl2N2O4S. The number of amides is 1. The first-order valence-corrected chi connectivity index (χ1v) is 11.3. The zero-order valence-electron chi connectivity index (χ0n) is 15.8. The highest BCUT2D eigenvalue weighted by atomic mass is 35.5. The van der Waals surface area contributed by atoms with Crippen molar-refractivity contribution in [2.24, 2.45) is 0 Å². The van der Waals surface area contributed by atoms with Crippen LogP contribution in [-0.2, 0) is 20.5 Å². The molecule has 0 aromatic heterocycles. The van der Waals surface area contributed by atoms with Crippen molar-refractivity contribution in [1.29, 1.82) is 0 Å². The molecule has 1 aromatic rings. The first-order valence-electron chi connectivity index (χ1n) is 8.88. The standard InChI is InChI=1S/C18H26Cl2N2O4S/c1-18(2,3)26-17(23)22-9-5-4-6-14(22)11-21-27(24,25)12-13-7-8-15(19)16(20)10-13/h7-8,10,14,21H,4-6,9,11-12H2,1-3H3/t14-/m1/s1. The molecule has 1 aromatic carbocycles. The van der Waals surface area contributed by atoms with Gasteiger partial charge < -0.3 is 9.64 Å². The summed E-state index contributed by atoms with van der Waals surface area (Å²) in [7, 11) is -3.58. The van der Waals surface area contributed by atoms with Gasteiger partial charge in [-0.15, -0.1) is 0 Å². The van der Waals surface area contributed by atoms with Crippen LogP contribution in [0.3, 0.4) is 0 Å². The number of halogens is 2. The van der Waals surface area contributed by atoms with Crippen molar-refractivity contribution in [2.75, 3.05) is 13.1 Å². The minimum absolute atomic E-state index is 0.156. The number of hydrogen-bond acceptors (Lipinski definition) is 4. The Balaban J connectivity index is 1.99. The Morgan fingerprint density at radius 1 is 1.26 bits per heavy atom. The van der Waals surface area contributed by atoms with Crippen LogP contribution in [0.25, 0.3) is 0 Å². The maximum atomic E-state index is 12.4. The number of nitrogens with zero attached hydrogens (tertiary/aromatic N) is 1. The van der Waals surface area contributed by atoms with Crippen LogP contribution >= 0.6 is 23.2 Å². The molecule has 0 unspecified atom stereocenters. The maximum Gasteiger partial charge on any atom is 0.410 e. The summed E-state index contributed by atoms with van der Waals surface area (Å²) in [4.78, 5) is 14.0. The quantitative estimate of drug-likeness (QED) is 0.749. The number of piperidine rings is 1. The summed E-state index contributed by atoms with van der Waals surface area (Å²) < 4.78 is 32.9. The number of rotatable bonds is 5. The third kappa shape index (κ3) is 7.14. The molecule has 1 aliphatic heterocycles. The molecule has 6 nitrogen and oxygen atoms in total. The van der Waals surface area contributed by atoms with Crippen molar-refractivity contribution in [3.63, 3.8) is 0 Å². The van der Waals surface area contributed by atoms with E-state index in [4.69, 9.17) is 27.9 Å². The molecule has 0 bridgehead atoms. The molecule has 1 heterocycles. The van der Waals surface area contributed by atoms with Crippen LogP contribution in [0.5, 0.6) is 0 Å². The lowest BCUT2D eigenvalue weighted by molar-refractivity contribution is 0.0105. The summed E-state index contributed by atoms with van der Waals surface area (Å²) in [5.74, 6) is -0.205. The van der Waals surface area contributed by atoms with Gasteiger partial charge in [-0.25, -0.2) is 17.9 Å². The van der Waals surface area contributed by atoms with E-state index in [0.29, 0.717) is 22.2 Å².